The smallest absolute Gasteiger partial charge is 0.342 e. The molecule has 0 amide bonds. The van der Waals surface area contributed by atoms with Gasteiger partial charge in [0.05, 0.1) is 4.92 Å². The molecule has 0 aromatic rings. The Morgan fingerprint density at radius 3 is 2.50 bits per heavy atom. The molecule has 0 saturated heterocycles. The maximum atomic E-state index is 10.5. The molecule has 0 fully saturated rings. The van der Waals surface area contributed by atoms with Crippen LogP contribution in [-0.4, -0.2) is 24.8 Å². The van der Waals surface area contributed by atoms with E-state index in [1.165, 1.54) is 0 Å². The minimum Gasteiger partial charge on any atom is -0.369 e. The second-order valence-corrected chi connectivity index (χ2v) is 2.72. The average molecular weight is 191 g/mol. The number of nitrogens with zero attached hydrogens (tertiary/aromatic N) is 1. The van der Waals surface area contributed by atoms with Crippen molar-refractivity contribution in [2.24, 2.45) is 0 Å². The lowest BCUT2D eigenvalue weighted by Gasteiger charge is -2.07. The first kappa shape index (κ1) is 11.1. The third kappa shape index (κ3) is 3.00. The Labute approximate surface area is 75.8 Å². The molecule has 0 spiro atoms. The molecular formula is C6H13N3O2S. The van der Waals surface area contributed by atoms with E-state index in [1.807, 2.05) is 6.92 Å². The Balaban J connectivity index is 4.61. The van der Waals surface area contributed by atoms with E-state index in [4.69, 9.17) is 0 Å². The monoisotopic (exact) mass is 191 g/mol. The van der Waals surface area contributed by atoms with Crippen LogP contribution in [0.3, 0.4) is 0 Å². The number of hydrogen-bond donors (Lipinski definition) is 2. The molecule has 0 radical (unpaired) electrons. The zero-order valence-electron chi connectivity index (χ0n) is 7.38. The molecule has 5 nitrogen and oxygen atoms in total. The molecule has 0 aliphatic rings. The van der Waals surface area contributed by atoms with Crippen LogP contribution in [-0.2, 0) is 0 Å². The average Bonchev–Trinajstić information content (AvgIpc) is 2.03. The van der Waals surface area contributed by atoms with Gasteiger partial charge < -0.3 is 10.6 Å². The van der Waals surface area contributed by atoms with Gasteiger partial charge in [0.2, 0.25) is 0 Å². The van der Waals surface area contributed by atoms with Crippen molar-refractivity contribution in [2.75, 3.05) is 19.8 Å². The largest absolute Gasteiger partial charge is 0.369 e. The highest BCUT2D eigenvalue weighted by molar-refractivity contribution is 8.02. The van der Waals surface area contributed by atoms with E-state index in [1.54, 1.807) is 13.3 Å². The number of thioether (sulfide) groups is 1. The molecule has 12 heavy (non-hydrogen) atoms. The van der Waals surface area contributed by atoms with Crippen molar-refractivity contribution in [3.63, 3.8) is 0 Å². The van der Waals surface area contributed by atoms with Crippen LogP contribution in [0.5, 0.6) is 0 Å². The van der Waals surface area contributed by atoms with E-state index in [2.05, 4.69) is 10.6 Å². The molecule has 0 bridgehead atoms. The van der Waals surface area contributed by atoms with Crippen molar-refractivity contribution < 1.29 is 4.92 Å². The normalized spacial score (nSPS) is 11.9. The molecule has 0 atom stereocenters. The van der Waals surface area contributed by atoms with Crippen LogP contribution in [0.4, 0.5) is 0 Å². The summed E-state index contributed by atoms with van der Waals surface area (Å²) in [6, 6.07) is 0. The maximum absolute atomic E-state index is 10.5. The summed E-state index contributed by atoms with van der Waals surface area (Å²) in [5, 5.41) is 16.2. The van der Waals surface area contributed by atoms with Gasteiger partial charge in [-0.1, -0.05) is 11.8 Å². The van der Waals surface area contributed by atoms with E-state index in [0.717, 1.165) is 11.8 Å². The fourth-order valence-electron chi connectivity index (χ4n) is 0.716. The van der Waals surface area contributed by atoms with Gasteiger partial charge in [0.15, 0.2) is 5.82 Å². The van der Waals surface area contributed by atoms with E-state index < -0.39 is 4.92 Å². The van der Waals surface area contributed by atoms with Gasteiger partial charge >= 0.3 is 5.03 Å². The van der Waals surface area contributed by atoms with Crippen LogP contribution < -0.4 is 10.6 Å². The summed E-state index contributed by atoms with van der Waals surface area (Å²) in [7, 11) is 1.65. The molecule has 0 saturated carbocycles. The number of nitro groups is 1. The number of hydrogen-bond acceptors (Lipinski definition) is 5. The molecule has 2 N–H and O–H groups in total. The lowest BCUT2D eigenvalue weighted by molar-refractivity contribution is -0.412. The van der Waals surface area contributed by atoms with Crippen molar-refractivity contribution in [3.05, 3.63) is 21.0 Å². The lowest BCUT2D eigenvalue weighted by Crippen LogP contribution is -2.26. The molecule has 0 unspecified atom stereocenters. The first-order valence-corrected chi connectivity index (χ1v) is 4.74. The Kier molecular flexibility index (Phi) is 5.27. The molecule has 0 aromatic heterocycles. The van der Waals surface area contributed by atoms with Crippen LogP contribution in [0, 0.1) is 10.1 Å². The van der Waals surface area contributed by atoms with Gasteiger partial charge in [0.25, 0.3) is 0 Å². The quantitative estimate of drug-likeness (QED) is 0.491. The van der Waals surface area contributed by atoms with Gasteiger partial charge in [0.1, 0.15) is 0 Å². The summed E-state index contributed by atoms with van der Waals surface area (Å²) in [5.74, 6) is 0.468. The van der Waals surface area contributed by atoms with Gasteiger partial charge in [0, 0.05) is 13.6 Å². The van der Waals surface area contributed by atoms with E-state index in [-0.39, 0.29) is 5.03 Å². The molecule has 0 heterocycles. The van der Waals surface area contributed by atoms with Gasteiger partial charge in [-0.3, -0.25) is 10.1 Å². The van der Waals surface area contributed by atoms with Crippen molar-refractivity contribution in [1.29, 1.82) is 0 Å². The van der Waals surface area contributed by atoms with Gasteiger partial charge in [-0.15, -0.1) is 0 Å². The standard InChI is InChI=1S/C6H13N3O2S/c1-4-8-5(7-2)6(12-3)9(10)11/h7-8H,4H2,1-3H3. The minimum absolute atomic E-state index is 0.111. The Bertz CT molecular complexity index is 193. The fourth-order valence-corrected chi connectivity index (χ4v) is 1.24. The first-order chi connectivity index (χ1) is 5.67. The first-order valence-electron chi connectivity index (χ1n) is 3.51. The van der Waals surface area contributed by atoms with Crippen LogP contribution in [0.2, 0.25) is 0 Å². The highest BCUT2D eigenvalue weighted by atomic mass is 32.2. The molecule has 0 aliphatic heterocycles. The molecule has 0 aliphatic carbocycles. The van der Waals surface area contributed by atoms with Crippen LogP contribution in [0.25, 0.3) is 0 Å². The second-order valence-electron chi connectivity index (χ2n) is 1.92. The Morgan fingerprint density at radius 2 is 2.25 bits per heavy atom. The van der Waals surface area contributed by atoms with Crippen LogP contribution >= 0.6 is 11.8 Å². The zero-order valence-corrected chi connectivity index (χ0v) is 8.20. The summed E-state index contributed by atoms with van der Waals surface area (Å²) in [6.45, 7) is 2.54. The summed E-state index contributed by atoms with van der Waals surface area (Å²) in [5.41, 5.74) is 0. The van der Waals surface area contributed by atoms with Crippen LogP contribution in [0.1, 0.15) is 6.92 Å². The Hall–Kier alpha value is -0.910. The van der Waals surface area contributed by atoms with E-state index in [0.29, 0.717) is 12.4 Å². The lowest BCUT2D eigenvalue weighted by atomic mass is 10.6. The summed E-state index contributed by atoms with van der Waals surface area (Å²) in [6.07, 6.45) is 1.67. The molecular weight excluding hydrogens is 178 g/mol. The molecule has 0 aromatic carbocycles. The predicted octanol–water partition coefficient (Wildman–Crippen LogP) is 0.582. The van der Waals surface area contributed by atoms with Gasteiger partial charge in [-0.25, -0.2) is 0 Å². The SMILES string of the molecule is CCNC(NC)=C(SC)[N+](=O)[O-]. The van der Waals surface area contributed by atoms with Crippen LogP contribution in [0.15, 0.2) is 10.9 Å². The van der Waals surface area contributed by atoms with Crippen molar-refractivity contribution in [2.45, 2.75) is 6.92 Å². The summed E-state index contributed by atoms with van der Waals surface area (Å²) >= 11 is 1.11. The van der Waals surface area contributed by atoms with E-state index >= 15 is 0 Å². The second kappa shape index (κ2) is 5.70. The summed E-state index contributed by atoms with van der Waals surface area (Å²) < 4.78 is 0. The van der Waals surface area contributed by atoms with Crippen molar-refractivity contribution in [3.8, 4) is 0 Å². The number of nitrogens with one attached hydrogen (secondary N) is 2. The van der Waals surface area contributed by atoms with Crippen molar-refractivity contribution in [1.82, 2.24) is 10.6 Å². The third-order valence-electron chi connectivity index (χ3n) is 1.18. The van der Waals surface area contributed by atoms with E-state index in [9.17, 15) is 10.1 Å². The molecule has 70 valence electrons. The predicted molar refractivity (Wildman–Crippen MR) is 50.3 cm³/mol. The third-order valence-corrected chi connectivity index (χ3v) is 1.92. The minimum atomic E-state index is -0.404. The number of rotatable bonds is 5. The molecule has 6 heteroatoms. The maximum Gasteiger partial charge on any atom is 0.342 e. The zero-order chi connectivity index (χ0) is 9.56. The Morgan fingerprint density at radius 1 is 1.67 bits per heavy atom. The molecule has 0 rings (SSSR count). The highest BCUT2D eigenvalue weighted by Gasteiger charge is 2.15. The fraction of sp³-hybridized carbons (Fsp3) is 0.667. The van der Waals surface area contributed by atoms with Crippen molar-refractivity contribution >= 4 is 11.8 Å². The van der Waals surface area contributed by atoms with Gasteiger partial charge in [-0.05, 0) is 13.2 Å². The van der Waals surface area contributed by atoms with Gasteiger partial charge in [-0.2, -0.15) is 0 Å². The highest BCUT2D eigenvalue weighted by Crippen LogP contribution is 2.13. The topological polar surface area (TPSA) is 67.2 Å². The summed E-state index contributed by atoms with van der Waals surface area (Å²) in [4.78, 5) is 10.0.